The summed E-state index contributed by atoms with van der Waals surface area (Å²) in [5, 5.41) is 30.3. The number of carbonyl (C=O) groups excluding carboxylic acids is 2. The van der Waals surface area contributed by atoms with Crippen molar-refractivity contribution < 1.29 is 61.3 Å². The Morgan fingerprint density at radius 1 is 0.907 bits per heavy atom. The first-order valence-electron chi connectivity index (χ1n) is 12.8. The van der Waals surface area contributed by atoms with Crippen molar-refractivity contribution in [3.05, 3.63) is 36.4 Å². The smallest absolute Gasteiger partial charge is 0.309 e. The predicted molar refractivity (Wildman–Crippen MR) is 146 cm³/mol. The number of ether oxygens (including phenoxy) is 2. The van der Waals surface area contributed by atoms with E-state index in [0.29, 0.717) is 81.8 Å². The third kappa shape index (κ3) is 6.46. The lowest BCUT2D eigenvalue weighted by Gasteiger charge is -2.30. The minimum atomic E-state index is -5.00. The molecule has 0 spiro atoms. The largest absolute Gasteiger partial charge is 0.744 e. The van der Waals surface area contributed by atoms with Gasteiger partial charge in [0.1, 0.15) is 15.9 Å². The van der Waals surface area contributed by atoms with E-state index in [1.165, 1.54) is 12.1 Å². The lowest BCUT2D eigenvalue weighted by Crippen LogP contribution is -2.42. The number of likely N-dealkylation sites (tertiary alicyclic amines) is 1. The van der Waals surface area contributed by atoms with Crippen LogP contribution >= 0.6 is 24.1 Å². The van der Waals surface area contributed by atoms with E-state index >= 15 is 0 Å². The molecule has 4 aromatic carbocycles. The summed E-state index contributed by atoms with van der Waals surface area (Å²) in [4.78, 5) is 26.5. The number of carbonyl (C=O) groups is 2. The van der Waals surface area contributed by atoms with Crippen LogP contribution in [0.2, 0.25) is 0 Å². The molecule has 1 aliphatic heterocycles. The fraction of sp³-hybridized carbons (Fsp3) is 0.308. The summed E-state index contributed by atoms with van der Waals surface area (Å²) in [5.41, 5.74) is 0. The van der Waals surface area contributed by atoms with Gasteiger partial charge >= 0.3 is 5.97 Å². The maximum Gasteiger partial charge on any atom is 0.309 e. The molecular formula is C26H22NO13S3-3. The molecule has 5 rings (SSSR count). The van der Waals surface area contributed by atoms with Crippen molar-refractivity contribution in [1.29, 1.82) is 0 Å². The number of hydrogen-bond donors (Lipinski definition) is 0. The summed E-state index contributed by atoms with van der Waals surface area (Å²) in [5.74, 6) is -0.691. The molecule has 0 atom stereocenters. The van der Waals surface area contributed by atoms with Crippen molar-refractivity contribution >= 4 is 78.4 Å². The molecule has 1 saturated heterocycles. The molecule has 1 aliphatic rings. The van der Waals surface area contributed by atoms with E-state index in [9.17, 15) is 33.1 Å². The summed E-state index contributed by atoms with van der Waals surface area (Å²) in [6, 6.07) is 8.85. The van der Waals surface area contributed by atoms with Gasteiger partial charge in [0.2, 0.25) is 0 Å². The van der Waals surface area contributed by atoms with Gasteiger partial charge in [-0.15, -0.1) is 0 Å². The van der Waals surface area contributed by atoms with Gasteiger partial charge in [-0.2, -0.15) is 8.67 Å². The van der Waals surface area contributed by atoms with Crippen molar-refractivity contribution in [2.24, 2.45) is 5.92 Å². The Hall–Kier alpha value is -2.97. The number of amides is 1. The van der Waals surface area contributed by atoms with E-state index in [4.69, 9.17) is 9.47 Å². The lowest BCUT2D eigenvalue weighted by atomic mass is 9.93. The number of benzene rings is 4. The Labute approximate surface area is 252 Å². The second-order valence-corrected chi connectivity index (χ2v) is 12.2. The number of rotatable bonds is 12. The van der Waals surface area contributed by atoms with Crippen LogP contribution in [0.25, 0.3) is 32.3 Å². The molecule has 4 aromatic rings. The lowest BCUT2D eigenvalue weighted by molar-refractivity contribution is -0.777. The highest BCUT2D eigenvalue weighted by Gasteiger charge is 2.29. The number of piperidine rings is 1. The second kappa shape index (κ2) is 13.3. The van der Waals surface area contributed by atoms with Crippen molar-refractivity contribution in [2.75, 3.05) is 26.3 Å². The highest BCUT2D eigenvalue weighted by Crippen LogP contribution is 2.47. The van der Waals surface area contributed by atoms with Crippen LogP contribution in [0, 0.1) is 5.92 Å². The van der Waals surface area contributed by atoms with Crippen LogP contribution in [-0.4, -0.2) is 56.1 Å². The Balaban J connectivity index is 1.55. The van der Waals surface area contributed by atoms with Crippen LogP contribution in [0.15, 0.2) is 51.1 Å². The van der Waals surface area contributed by atoms with Gasteiger partial charge in [-0.1, -0.05) is 18.2 Å². The van der Waals surface area contributed by atoms with Crippen molar-refractivity contribution in [2.45, 2.75) is 34.5 Å². The fourth-order valence-corrected chi connectivity index (χ4v) is 7.11. The standard InChI is InChI=1S/C26H25NO13S3/c1-2-35-26(29)14-7-9-27(10-8-14)23(28)13-36-19-11-20(41-39-37-30)16-4-5-17-21(42-40-38-31)12-22(43(32,33)34)18-6-3-15(19)24(16)25(17)18/h3-6,11-12,14,30-31H,2,7-10,13H2,1H3,(H,32,33,34)/p-3. The first-order chi connectivity index (χ1) is 20.7. The first-order valence-corrected chi connectivity index (χ1v) is 15.6. The van der Waals surface area contributed by atoms with Gasteiger partial charge in [0.05, 0.1) is 46.4 Å². The molecule has 1 heterocycles. The molecule has 0 radical (unpaired) electrons. The summed E-state index contributed by atoms with van der Waals surface area (Å²) < 4.78 is 56.7. The zero-order valence-electron chi connectivity index (χ0n) is 22.3. The molecule has 43 heavy (non-hydrogen) atoms. The third-order valence-corrected chi connectivity index (χ3v) is 9.30. The maximum atomic E-state index is 13.0. The molecule has 1 fully saturated rings. The molecular weight excluding hydrogens is 630 g/mol. The molecule has 0 unspecified atom stereocenters. The van der Waals surface area contributed by atoms with Gasteiger partial charge in [0.15, 0.2) is 6.61 Å². The third-order valence-electron chi connectivity index (χ3n) is 7.14. The van der Waals surface area contributed by atoms with E-state index in [0.717, 1.165) is 6.07 Å². The van der Waals surface area contributed by atoms with Crippen LogP contribution < -0.4 is 15.3 Å². The van der Waals surface area contributed by atoms with Gasteiger partial charge in [0, 0.05) is 34.1 Å². The van der Waals surface area contributed by atoms with E-state index in [1.54, 1.807) is 30.0 Å². The van der Waals surface area contributed by atoms with E-state index in [-0.39, 0.29) is 47.0 Å². The molecule has 0 aromatic heterocycles. The monoisotopic (exact) mass is 652 g/mol. The zero-order chi connectivity index (χ0) is 30.7. The molecule has 0 bridgehead atoms. The highest BCUT2D eigenvalue weighted by atomic mass is 32.2. The zero-order valence-corrected chi connectivity index (χ0v) is 24.7. The first kappa shape index (κ1) is 31.5. The van der Waals surface area contributed by atoms with Gasteiger partial charge in [-0.25, -0.2) is 8.42 Å². The molecule has 14 nitrogen and oxygen atoms in total. The molecule has 0 saturated carbocycles. The summed E-state index contributed by atoms with van der Waals surface area (Å²) in [6.45, 7) is 2.35. The van der Waals surface area contributed by atoms with Gasteiger partial charge in [0.25, 0.3) is 5.91 Å². The normalized spacial score (nSPS) is 14.7. The molecule has 0 aliphatic carbocycles. The van der Waals surface area contributed by atoms with Crippen molar-refractivity contribution in [3.63, 3.8) is 0 Å². The molecule has 230 valence electrons. The van der Waals surface area contributed by atoms with E-state index in [1.807, 2.05) is 0 Å². The summed E-state index contributed by atoms with van der Waals surface area (Å²) in [7, 11) is -5.00. The topological polar surface area (TPSA) is 196 Å². The molecule has 17 heteroatoms. The Bertz CT molecular complexity index is 1760. The van der Waals surface area contributed by atoms with Crippen LogP contribution in [0.1, 0.15) is 19.8 Å². The van der Waals surface area contributed by atoms with E-state index in [2.05, 4.69) is 18.7 Å². The van der Waals surface area contributed by atoms with E-state index < -0.39 is 15.0 Å². The minimum Gasteiger partial charge on any atom is -0.744 e. The van der Waals surface area contributed by atoms with Crippen LogP contribution in [0.5, 0.6) is 5.75 Å². The number of nitrogens with zero attached hydrogens (tertiary/aromatic N) is 1. The second-order valence-electron chi connectivity index (χ2n) is 9.41. The fourth-order valence-electron chi connectivity index (χ4n) is 5.29. The van der Waals surface area contributed by atoms with Crippen LogP contribution in [-0.2, 0) is 43.2 Å². The summed E-state index contributed by atoms with van der Waals surface area (Å²) >= 11 is 0.980. The average Bonchev–Trinajstić information content (AvgIpc) is 3.00. The SMILES string of the molecule is CCOC(=O)C1CCN(C(=O)COc2cc(SOO[O-])c3ccc4c(SOO[O-])cc(S(=O)(=O)[O-])c5ccc2c3c45)CC1. The highest BCUT2D eigenvalue weighted by molar-refractivity contribution is 7.95. The van der Waals surface area contributed by atoms with Crippen molar-refractivity contribution in [1.82, 2.24) is 4.90 Å². The number of hydrogen-bond acceptors (Lipinski definition) is 15. The average molecular weight is 653 g/mol. The Morgan fingerprint density at radius 3 is 2.05 bits per heavy atom. The Morgan fingerprint density at radius 2 is 1.47 bits per heavy atom. The predicted octanol–water partition coefficient (Wildman–Crippen LogP) is 2.13. The molecule has 0 N–H and O–H groups in total. The summed E-state index contributed by atoms with van der Waals surface area (Å²) in [6.07, 6.45) is 0.923. The quantitative estimate of drug-likeness (QED) is 0.0538. The van der Waals surface area contributed by atoms with Gasteiger partial charge in [-0.05, 0) is 54.1 Å². The van der Waals surface area contributed by atoms with Crippen molar-refractivity contribution in [3.8, 4) is 5.75 Å². The minimum absolute atomic E-state index is 0.0881. The van der Waals surface area contributed by atoms with Crippen LogP contribution in [0.4, 0.5) is 0 Å². The Kier molecular flexibility index (Phi) is 9.76. The van der Waals surface area contributed by atoms with Crippen LogP contribution in [0.3, 0.4) is 0 Å². The molecule has 1 amide bonds. The van der Waals surface area contributed by atoms with Gasteiger partial charge < -0.3 is 29.4 Å². The van der Waals surface area contributed by atoms with Gasteiger partial charge in [-0.3, -0.25) is 19.7 Å². The number of esters is 1. The maximum absolute atomic E-state index is 13.0.